The summed E-state index contributed by atoms with van der Waals surface area (Å²) in [6.45, 7) is 4.54. The Hall–Kier alpha value is -3.07. The van der Waals surface area contributed by atoms with Gasteiger partial charge in [0.05, 0.1) is 17.8 Å². The van der Waals surface area contributed by atoms with Crippen molar-refractivity contribution < 1.29 is 19.2 Å². The van der Waals surface area contributed by atoms with Crippen molar-refractivity contribution >= 4 is 29.3 Å². The molecule has 8 nitrogen and oxygen atoms in total. The lowest BCUT2D eigenvalue weighted by atomic mass is 10.1. The van der Waals surface area contributed by atoms with Gasteiger partial charge in [-0.05, 0) is 36.6 Å². The van der Waals surface area contributed by atoms with Crippen LogP contribution in [-0.4, -0.2) is 47.1 Å². The number of benzene rings is 2. The monoisotopic (exact) mass is 459 g/mol. The maximum absolute atomic E-state index is 13.1. The summed E-state index contributed by atoms with van der Waals surface area (Å²) >= 11 is 1.40. The highest BCUT2D eigenvalue weighted by Crippen LogP contribution is 2.20. The van der Waals surface area contributed by atoms with Gasteiger partial charge in [-0.3, -0.25) is 19.7 Å². The maximum atomic E-state index is 13.1. The Labute approximate surface area is 192 Å². The van der Waals surface area contributed by atoms with Gasteiger partial charge in [0, 0.05) is 31.0 Å². The molecule has 0 fully saturated rings. The molecule has 2 aromatic carbocycles. The average Bonchev–Trinajstić information content (AvgIpc) is 2.80. The van der Waals surface area contributed by atoms with Gasteiger partial charge in [-0.25, -0.2) is 0 Å². The molecule has 0 aliphatic carbocycles. The molecule has 0 bridgehead atoms. The number of hydrogen-bond donors (Lipinski definition) is 1. The largest absolute Gasteiger partial charge is 0.497 e. The third kappa shape index (κ3) is 7.56. The van der Waals surface area contributed by atoms with Crippen LogP contribution in [0, 0.1) is 10.1 Å². The average molecular weight is 460 g/mol. The lowest BCUT2D eigenvalue weighted by Crippen LogP contribution is -2.48. The molecule has 1 N–H and O–H groups in total. The fourth-order valence-corrected chi connectivity index (χ4v) is 3.87. The van der Waals surface area contributed by atoms with Crippen LogP contribution in [0.5, 0.6) is 5.75 Å². The van der Waals surface area contributed by atoms with Gasteiger partial charge in [0.1, 0.15) is 11.8 Å². The predicted molar refractivity (Wildman–Crippen MR) is 126 cm³/mol. The second-order valence-corrected chi connectivity index (χ2v) is 8.24. The lowest BCUT2D eigenvalue weighted by Gasteiger charge is -2.29. The summed E-state index contributed by atoms with van der Waals surface area (Å²) in [6, 6.07) is 13.1. The second kappa shape index (κ2) is 12.7. The van der Waals surface area contributed by atoms with E-state index in [2.05, 4.69) is 5.32 Å². The number of nitrogens with zero attached hydrogens (tertiary/aromatic N) is 2. The van der Waals surface area contributed by atoms with Crippen molar-refractivity contribution in [3.05, 3.63) is 69.8 Å². The second-order valence-electron chi connectivity index (χ2n) is 7.26. The number of non-ortho nitro benzene ring substituents is 1. The van der Waals surface area contributed by atoms with Crippen LogP contribution in [0.1, 0.15) is 31.4 Å². The van der Waals surface area contributed by atoms with Crippen molar-refractivity contribution in [2.24, 2.45) is 0 Å². The van der Waals surface area contributed by atoms with Gasteiger partial charge < -0.3 is 15.0 Å². The Morgan fingerprint density at radius 2 is 1.91 bits per heavy atom. The molecular formula is C23H29N3O5S. The van der Waals surface area contributed by atoms with E-state index >= 15 is 0 Å². The summed E-state index contributed by atoms with van der Waals surface area (Å²) in [5.74, 6) is 1.06. The number of nitro benzene ring substituents is 1. The number of amides is 2. The van der Waals surface area contributed by atoms with Gasteiger partial charge in [-0.2, -0.15) is 0 Å². The van der Waals surface area contributed by atoms with Gasteiger partial charge >= 0.3 is 0 Å². The number of methoxy groups -OCH3 is 1. The van der Waals surface area contributed by atoms with E-state index in [9.17, 15) is 19.7 Å². The first kappa shape index (κ1) is 25.2. The zero-order valence-corrected chi connectivity index (χ0v) is 19.4. The summed E-state index contributed by atoms with van der Waals surface area (Å²) in [5.41, 5.74) is 1.79. The Morgan fingerprint density at radius 3 is 2.53 bits per heavy atom. The van der Waals surface area contributed by atoms with Crippen LogP contribution in [0.25, 0.3) is 0 Å². The quantitative estimate of drug-likeness (QED) is 0.383. The first-order valence-corrected chi connectivity index (χ1v) is 11.5. The molecule has 9 heteroatoms. The molecule has 0 saturated carbocycles. The Morgan fingerprint density at radius 1 is 1.19 bits per heavy atom. The molecule has 0 aliphatic rings. The van der Waals surface area contributed by atoms with E-state index in [1.807, 2.05) is 31.2 Å². The van der Waals surface area contributed by atoms with E-state index < -0.39 is 11.0 Å². The van der Waals surface area contributed by atoms with Crippen LogP contribution in [0.4, 0.5) is 5.69 Å². The predicted octanol–water partition coefficient (Wildman–Crippen LogP) is 3.78. The van der Waals surface area contributed by atoms with Gasteiger partial charge in [-0.15, -0.1) is 11.8 Å². The standard InChI is InChI=1S/C23H29N3O5S/c1-4-12-24-23(28)17(2)25(14-19-6-5-7-21(13-19)31-3)22(27)16-32-15-18-8-10-20(11-9-18)26(29)30/h5-11,13,17H,4,12,14-16H2,1-3H3,(H,24,28). The molecule has 1 unspecified atom stereocenters. The molecule has 0 saturated heterocycles. The minimum Gasteiger partial charge on any atom is -0.497 e. The van der Waals surface area contributed by atoms with Gasteiger partial charge in [0.25, 0.3) is 5.69 Å². The third-order valence-electron chi connectivity index (χ3n) is 4.85. The van der Waals surface area contributed by atoms with E-state index in [0.717, 1.165) is 17.5 Å². The summed E-state index contributed by atoms with van der Waals surface area (Å²) in [4.78, 5) is 37.5. The molecule has 2 amide bonds. The molecule has 1 atom stereocenters. The zero-order chi connectivity index (χ0) is 23.5. The molecule has 2 aromatic rings. The van der Waals surface area contributed by atoms with Crippen molar-refractivity contribution in [2.45, 2.75) is 38.6 Å². The summed E-state index contributed by atoms with van der Waals surface area (Å²) in [6.07, 6.45) is 0.813. The van der Waals surface area contributed by atoms with E-state index in [1.54, 1.807) is 31.1 Å². The van der Waals surface area contributed by atoms with Crippen molar-refractivity contribution in [2.75, 3.05) is 19.4 Å². The summed E-state index contributed by atoms with van der Waals surface area (Å²) in [5, 5.41) is 13.6. The Balaban J connectivity index is 2.06. The SMILES string of the molecule is CCCNC(=O)C(C)N(Cc1cccc(OC)c1)C(=O)CSCc1ccc([N+](=O)[O-])cc1. The van der Waals surface area contributed by atoms with Crippen molar-refractivity contribution in [3.8, 4) is 5.75 Å². The normalized spacial score (nSPS) is 11.5. The highest BCUT2D eigenvalue weighted by Gasteiger charge is 2.26. The molecule has 0 spiro atoms. The Bertz CT molecular complexity index is 920. The minimum absolute atomic E-state index is 0.0335. The number of nitrogens with one attached hydrogen (secondary N) is 1. The number of carbonyl (C=O) groups excluding carboxylic acids is 2. The molecule has 0 aliphatic heterocycles. The molecule has 172 valence electrons. The lowest BCUT2D eigenvalue weighted by molar-refractivity contribution is -0.384. The van der Waals surface area contributed by atoms with Crippen LogP contribution in [-0.2, 0) is 21.9 Å². The number of thioether (sulfide) groups is 1. The van der Waals surface area contributed by atoms with Gasteiger partial charge in [-0.1, -0.05) is 31.2 Å². The van der Waals surface area contributed by atoms with E-state index in [4.69, 9.17) is 4.74 Å². The Kier molecular flexibility index (Phi) is 10.0. The molecular weight excluding hydrogens is 430 g/mol. The number of hydrogen-bond acceptors (Lipinski definition) is 6. The first-order chi connectivity index (χ1) is 15.3. The number of rotatable bonds is 12. The molecule has 2 rings (SSSR count). The van der Waals surface area contributed by atoms with Crippen molar-refractivity contribution in [1.29, 1.82) is 0 Å². The molecule has 0 aromatic heterocycles. The number of ether oxygens (including phenoxy) is 1. The molecule has 0 heterocycles. The fourth-order valence-electron chi connectivity index (χ4n) is 3.00. The van der Waals surface area contributed by atoms with Crippen LogP contribution >= 0.6 is 11.8 Å². The van der Waals surface area contributed by atoms with E-state index in [1.165, 1.54) is 23.9 Å². The highest BCUT2D eigenvalue weighted by molar-refractivity contribution is 7.99. The van der Waals surface area contributed by atoms with Crippen LogP contribution < -0.4 is 10.1 Å². The zero-order valence-electron chi connectivity index (χ0n) is 18.6. The summed E-state index contributed by atoms with van der Waals surface area (Å²) < 4.78 is 5.27. The number of nitro groups is 1. The van der Waals surface area contributed by atoms with Crippen molar-refractivity contribution in [1.82, 2.24) is 10.2 Å². The fraction of sp³-hybridized carbons (Fsp3) is 0.391. The van der Waals surface area contributed by atoms with Crippen LogP contribution in [0.15, 0.2) is 48.5 Å². The maximum Gasteiger partial charge on any atom is 0.269 e. The van der Waals surface area contributed by atoms with Gasteiger partial charge in [0.15, 0.2) is 0 Å². The third-order valence-corrected chi connectivity index (χ3v) is 5.83. The van der Waals surface area contributed by atoms with Gasteiger partial charge in [0.2, 0.25) is 11.8 Å². The van der Waals surface area contributed by atoms with E-state index in [0.29, 0.717) is 18.0 Å². The molecule has 0 radical (unpaired) electrons. The highest BCUT2D eigenvalue weighted by atomic mass is 32.2. The smallest absolute Gasteiger partial charge is 0.269 e. The molecule has 32 heavy (non-hydrogen) atoms. The van der Waals surface area contributed by atoms with Crippen LogP contribution in [0.3, 0.4) is 0 Å². The number of carbonyl (C=O) groups is 2. The van der Waals surface area contributed by atoms with Crippen LogP contribution in [0.2, 0.25) is 0 Å². The first-order valence-electron chi connectivity index (χ1n) is 10.4. The minimum atomic E-state index is -0.625. The summed E-state index contributed by atoms with van der Waals surface area (Å²) in [7, 11) is 1.58. The van der Waals surface area contributed by atoms with E-state index in [-0.39, 0.29) is 29.8 Å². The topological polar surface area (TPSA) is 102 Å². The van der Waals surface area contributed by atoms with Crippen molar-refractivity contribution in [3.63, 3.8) is 0 Å².